The van der Waals surface area contributed by atoms with E-state index in [-0.39, 0.29) is 40.2 Å². The van der Waals surface area contributed by atoms with E-state index in [0.29, 0.717) is 49.8 Å². The van der Waals surface area contributed by atoms with Gasteiger partial charge < -0.3 is 14.4 Å². The van der Waals surface area contributed by atoms with Gasteiger partial charge in [-0.1, -0.05) is 11.6 Å². The molecule has 5 heterocycles. The maximum Gasteiger partial charge on any atom is 0.261 e. The maximum absolute atomic E-state index is 15.1. The van der Waals surface area contributed by atoms with E-state index in [9.17, 15) is 4.79 Å². The molecule has 3 aromatic heterocycles. The van der Waals surface area contributed by atoms with Crippen molar-refractivity contribution in [1.82, 2.24) is 19.4 Å². The van der Waals surface area contributed by atoms with Gasteiger partial charge in [-0.25, -0.2) is 14.4 Å². The molecule has 1 aromatic carbocycles. The lowest BCUT2D eigenvalue weighted by Crippen LogP contribution is -2.39. The van der Waals surface area contributed by atoms with Gasteiger partial charge in [-0.2, -0.15) is 0 Å². The number of aryl methyl sites for hydroxylation is 1. The van der Waals surface area contributed by atoms with Crippen molar-refractivity contribution in [2.45, 2.75) is 26.1 Å². The van der Waals surface area contributed by atoms with Gasteiger partial charge in [-0.05, 0) is 42.8 Å². The largest absolute Gasteiger partial charge is 0.375 e. The first-order valence-corrected chi connectivity index (χ1v) is 12.1. The van der Waals surface area contributed by atoms with Crippen molar-refractivity contribution < 1.29 is 13.9 Å². The second-order valence-electron chi connectivity index (χ2n) is 8.95. The highest BCUT2D eigenvalue weighted by atomic mass is 35.5. The van der Waals surface area contributed by atoms with E-state index in [1.165, 1.54) is 10.5 Å². The lowest BCUT2D eigenvalue weighted by molar-refractivity contribution is 0.0394. The predicted molar refractivity (Wildman–Crippen MR) is 133 cm³/mol. The van der Waals surface area contributed by atoms with Crippen molar-refractivity contribution in [3.63, 3.8) is 0 Å². The highest BCUT2D eigenvalue weighted by molar-refractivity contribution is 6.30. The summed E-state index contributed by atoms with van der Waals surface area (Å²) in [5.74, 6) is 0.00576. The Labute approximate surface area is 211 Å². The van der Waals surface area contributed by atoms with Crippen LogP contribution in [0.25, 0.3) is 16.9 Å². The Hall–Kier alpha value is -3.40. The summed E-state index contributed by atoms with van der Waals surface area (Å²) in [7, 11) is 0. The number of pyridine rings is 1. The van der Waals surface area contributed by atoms with Crippen molar-refractivity contribution in [2.24, 2.45) is 0 Å². The van der Waals surface area contributed by atoms with Crippen molar-refractivity contribution in [3.8, 4) is 11.3 Å². The molecular formula is C26H23ClFN5O3. The molecule has 1 unspecified atom stereocenters. The first kappa shape index (κ1) is 23.0. The summed E-state index contributed by atoms with van der Waals surface area (Å²) in [6.45, 7) is 4.21. The van der Waals surface area contributed by atoms with Crippen LogP contribution in [-0.2, 0) is 22.5 Å². The van der Waals surface area contributed by atoms with Crippen molar-refractivity contribution in [3.05, 3.63) is 86.4 Å². The number of anilines is 1. The topological polar surface area (TPSA) is 81.9 Å². The van der Waals surface area contributed by atoms with Crippen LogP contribution >= 0.6 is 11.6 Å². The van der Waals surface area contributed by atoms with Crippen LogP contribution in [-0.4, -0.2) is 45.7 Å². The minimum atomic E-state index is -0.538. The van der Waals surface area contributed by atoms with E-state index in [4.69, 9.17) is 31.0 Å². The molecular weight excluding hydrogens is 485 g/mol. The molecule has 0 amide bonds. The standard InChI is InChI=1S/C26H23ClFN5O3/c1-15-10-16(4-6-29-15)22-12-32(7-9-36-22)23-13-33-25(30-21-14-35-8-5-19(21)26(33)34)24(31-23)18-3-2-17(27)11-20(18)28/h2-4,6,10-11,13,22H,5,7-9,12,14H2,1H3. The van der Waals surface area contributed by atoms with Crippen LogP contribution in [0.15, 0.2) is 47.5 Å². The van der Waals surface area contributed by atoms with Gasteiger partial charge in [0.15, 0.2) is 5.65 Å². The number of fused-ring (bicyclic) bond motifs is 2. The number of benzene rings is 1. The molecule has 184 valence electrons. The van der Waals surface area contributed by atoms with Crippen LogP contribution in [0.5, 0.6) is 0 Å². The molecule has 0 saturated carbocycles. The first-order chi connectivity index (χ1) is 17.5. The van der Waals surface area contributed by atoms with Crippen LogP contribution < -0.4 is 10.5 Å². The van der Waals surface area contributed by atoms with Gasteiger partial charge in [0.05, 0.1) is 31.7 Å². The fourth-order valence-electron chi connectivity index (χ4n) is 4.76. The summed E-state index contributed by atoms with van der Waals surface area (Å²) in [6.07, 6.45) is 3.75. The lowest BCUT2D eigenvalue weighted by Gasteiger charge is -2.34. The third kappa shape index (κ3) is 4.13. The Bertz CT molecular complexity index is 1540. The number of aromatic nitrogens is 4. The normalized spacial score (nSPS) is 17.9. The molecule has 0 aliphatic carbocycles. The number of hydrogen-bond donors (Lipinski definition) is 0. The average molecular weight is 508 g/mol. The predicted octanol–water partition coefficient (Wildman–Crippen LogP) is 3.90. The third-order valence-corrected chi connectivity index (χ3v) is 6.82. The SMILES string of the molecule is Cc1cc(C2CN(c3cn4c(=O)c5c(nc4c(-c4ccc(Cl)cc4F)n3)COCC5)CCO2)ccn1. The van der Waals surface area contributed by atoms with E-state index in [0.717, 1.165) is 11.3 Å². The van der Waals surface area contributed by atoms with Crippen molar-refractivity contribution >= 4 is 23.1 Å². The highest BCUT2D eigenvalue weighted by Crippen LogP contribution is 2.31. The summed E-state index contributed by atoms with van der Waals surface area (Å²) in [6, 6.07) is 8.33. The molecule has 1 atom stereocenters. The number of halogens is 2. The molecule has 8 nitrogen and oxygen atoms in total. The zero-order chi connectivity index (χ0) is 24.8. The van der Waals surface area contributed by atoms with Gasteiger partial charge in [-0.15, -0.1) is 0 Å². The maximum atomic E-state index is 15.1. The van der Waals surface area contributed by atoms with Gasteiger partial charge in [0.25, 0.3) is 5.56 Å². The number of rotatable bonds is 3. The summed E-state index contributed by atoms with van der Waals surface area (Å²) in [4.78, 5) is 29.4. The summed E-state index contributed by atoms with van der Waals surface area (Å²) in [5, 5.41) is 0.274. The molecule has 0 N–H and O–H groups in total. The fourth-order valence-corrected chi connectivity index (χ4v) is 4.92. The Morgan fingerprint density at radius 1 is 1.17 bits per heavy atom. The molecule has 10 heteroatoms. The van der Waals surface area contributed by atoms with E-state index in [2.05, 4.69) is 9.88 Å². The molecule has 0 bridgehead atoms. The van der Waals surface area contributed by atoms with Gasteiger partial charge in [0.1, 0.15) is 23.4 Å². The van der Waals surface area contributed by atoms with E-state index in [1.54, 1.807) is 24.5 Å². The third-order valence-electron chi connectivity index (χ3n) is 6.58. The zero-order valence-electron chi connectivity index (χ0n) is 19.6. The van der Waals surface area contributed by atoms with Gasteiger partial charge in [-0.3, -0.25) is 14.2 Å². The molecule has 2 aliphatic heterocycles. The number of nitrogens with zero attached hydrogens (tertiary/aromatic N) is 5. The fraction of sp³-hybridized carbons (Fsp3) is 0.308. The molecule has 1 saturated heterocycles. The van der Waals surface area contributed by atoms with E-state index in [1.807, 2.05) is 19.1 Å². The quantitative estimate of drug-likeness (QED) is 0.416. The lowest BCUT2D eigenvalue weighted by atomic mass is 10.1. The second kappa shape index (κ2) is 9.24. The summed E-state index contributed by atoms with van der Waals surface area (Å²) in [5.41, 5.74) is 3.69. The van der Waals surface area contributed by atoms with Crippen LogP contribution in [0.1, 0.15) is 28.6 Å². The Morgan fingerprint density at radius 2 is 2.06 bits per heavy atom. The average Bonchev–Trinajstić information content (AvgIpc) is 2.89. The van der Waals surface area contributed by atoms with Crippen molar-refractivity contribution in [1.29, 1.82) is 0 Å². The highest BCUT2D eigenvalue weighted by Gasteiger charge is 2.27. The van der Waals surface area contributed by atoms with Crippen LogP contribution in [0.3, 0.4) is 0 Å². The van der Waals surface area contributed by atoms with Gasteiger partial charge in [0, 0.05) is 47.6 Å². The van der Waals surface area contributed by atoms with Crippen LogP contribution in [0.4, 0.5) is 10.2 Å². The smallest absolute Gasteiger partial charge is 0.261 e. The zero-order valence-corrected chi connectivity index (χ0v) is 20.3. The minimum absolute atomic E-state index is 0.188. The second-order valence-corrected chi connectivity index (χ2v) is 9.38. The van der Waals surface area contributed by atoms with Crippen LogP contribution in [0.2, 0.25) is 5.02 Å². The summed E-state index contributed by atoms with van der Waals surface area (Å²) >= 11 is 6.01. The number of ether oxygens (including phenoxy) is 2. The number of morpholine rings is 1. The molecule has 0 radical (unpaired) electrons. The Kier molecular flexibility index (Phi) is 5.91. The van der Waals surface area contributed by atoms with Crippen molar-refractivity contribution in [2.75, 3.05) is 31.2 Å². The molecule has 36 heavy (non-hydrogen) atoms. The van der Waals surface area contributed by atoms with Gasteiger partial charge in [0.2, 0.25) is 0 Å². The minimum Gasteiger partial charge on any atom is -0.375 e. The molecule has 1 fully saturated rings. The molecule has 0 spiro atoms. The Morgan fingerprint density at radius 3 is 2.89 bits per heavy atom. The molecule has 6 rings (SSSR count). The van der Waals surface area contributed by atoms with E-state index < -0.39 is 5.82 Å². The molecule has 2 aliphatic rings. The first-order valence-electron chi connectivity index (χ1n) is 11.8. The van der Waals surface area contributed by atoms with E-state index >= 15 is 4.39 Å². The number of hydrogen-bond acceptors (Lipinski definition) is 7. The monoisotopic (exact) mass is 507 g/mol. The summed E-state index contributed by atoms with van der Waals surface area (Å²) < 4.78 is 28.1. The Balaban J connectivity index is 1.51. The van der Waals surface area contributed by atoms with Gasteiger partial charge >= 0.3 is 0 Å². The van der Waals surface area contributed by atoms with Crippen LogP contribution in [0, 0.1) is 12.7 Å². The molecule has 4 aromatic rings.